The van der Waals surface area contributed by atoms with Crippen LogP contribution in [-0.4, -0.2) is 53.4 Å². The monoisotopic (exact) mass is 421 g/mol. The van der Waals surface area contributed by atoms with Crippen molar-refractivity contribution >= 4 is 17.7 Å². The third-order valence-corrected chi connectivity index (χ3v) is 5.38. The van der Waals surface area contributed by atoms with Crippen molar-refractivity contribution in [2.24, 2.45) is 7.05 Å². The Kier molecular flexibility index (Phi) is 4.50. The zero-order valence-corrected chi connectivity index (χ0v) is 16.7. The van der Waals surface area contributed by atoms with Crippen LogP contribution < -0.4 is 10.1 Å². The highest BCUT2D eigenvalue weighted by Crippen LogP contribution is 2.29. The molecule has 2 aliphatic heterocycles. The summed E-state index contributed by atoms with van der Waals surface area (Å²) in [6, 6.07) is 4.74. The number of aromatic nitrogens is 5. The van der Waals surface area contributed by atoms with Gasteiger partial charge in [0.1, 0.15) is 18.3 Å². The summed E-state index contributed by atoms with van der Waals surface area (Å²) in [6.07, 6.45) is 5.70. The van der Waals surface area contributed by atoms with Gasteiger partial charge in [0, 0.05) is 25.6 Å². The maximum absolute atomic E-state index is 12.8. The molecule has 11 nitrogen and oxygen atoms in total. The molecule has 11 heteroatoms. The van der Waals surface area contributed by atoms with E-state index in [-0.39, 0.29) is 24.8 Å². The first-order valence-corrected chi connectivity index (χ1v) is 9.78. The molecule has 3 amide bonds. The first-order valence-electron chi connectivity index (χ1n) is 9.78. The highest BCUT2D eigenvalue weighted by molar-refractivity contribution is 6.05. The zero-order chi connectivity index (χ0) is 21.5. The van der Waals surface area contributed by atoms with Gasteiger partial charge in [0.05, 0.1) is 24.3 Å². The van der Waals surface area contributed by atoms with Gasteiger partial charge >= 0.3 is 0 Å². The molecular weight excluding hydrogens is 402 g/mol. The summed E-state index contributed by atoms with van der Waals surface area (Å²) in [5.74, 6) is -0.295. The number of rotatable bonds is 5. The molecule has 0 bridgehead atoms. The number of hydrogen-bond donors (Lipinski definition) is 1. The molecule has 1 unspecified atom stereocenters. The third-order valence-electron chi connectivity index (χ3n) is 5.38. The third kappa shape index (κ3) is 3.54. The number of piperidine rings is 1. The van der Waals surface area contributed by atoms with Gasteiger partial charge in [-0.3, -0.25) is 24.4 Å². The molecular formula is C20H19N7O4. The van der Waals surface area contributed by atoms with E-state index in [1.54, 1.807) is 40.1 Å². The molecule has 0 radical (unpaired) electrons. The number of carbonyl (C=O) groups is 3. The van der Waals surface area contributed by atoms with E-state index in [1.165, 1.54) is 4.90 Å². The minimum Gasteiger partial charge on any atom is -0.484 e. The predicted molar refractivity (Wildman–Crippen MR) is 105 cm³/mol. The van der Waals surface area contributed by atoms with Gasteiger partial charge in [-0.25, -0.2) is 4.68 Å². The molecule has 1 N–H and O–H groups in total. The Morgan fingerprint density at radius 3 is 2.87 bits per heavy atom. The van der Waals surface area contributed by atoms with Crippen LogP contribution >= 0.6 is 0 Å². The number of aryl methyl sites for hydroxylation is 1. The molecule has 0 saturated carbocycles. The average molecular weight is 421 g/mol. The molecule has 0 spiro atoms. The fourth-order valence-corrected chi connectivity index (χ4v) is 3.82. The number of carbonyl (C=O) groups excluding carboxylic acids is 3. The zero-order valence-electron chi connectivity index (χ0n) is 16.7. The van der Waals surface area contributed by atoms with Gasteiger partial charge in [0.25, 0.3) is 5.91 Å². The Balaban J connectivity index is 1.31. The van der Waals surface area contributed by atoms with Gasteiger partial charge in [-0.2, -0.15) is 5.10 Å². The number of benzene rings is 1. The van der Waals surface area contributed by atoms with Crippen LogP contribution in [0, 0.1) is 0 Å². The van der Waals surface area contributed by atoms with Gasteiger partial charge in [0.15, 0.2) is 5.75 Å². The van der Waals surface area contributed by atoms with Crippen molar-refractivity contribution in [3.63, 3.8) is 0 Å². The smallest absolute Gasteiger partial charge is 0.255 e. The lowest BCUT2D eigenvalue weighted by molar-refractivity contribution is -0.136. The van der Waals surface area contributed by atoms with Crippen molar-refractivity contribution in [2.45, 2.75) is 32.0 Å². The van der Waals surface area contributed by atoms with E-state index >= 15 is 0 Å². The lowest BCUT2D eigenvalue weighted by Gasteiger charge is -2.29. The number of imide groups is 1. The average Bonchev–Trinajstić information content (AvgIpc) is 3.46. The fourth-order valence-electron chi connectivity index (χ4n) is 3.82. The Hall–Kier alpha value is -4.02. The molecule has 1 saturated heterocycles. The van der Waals surface area contributed by atoms with Crippen LogP contribution in [0.1, 0.15) is 34.5 Å². The van der Waals surface area contributed by atoms with Crippen LogP contribution in [-0.2, 0) is 29.8 Å². The highest BCUT2D eigenvalue weighted by Gasteiger charge is 2.39. The summed E-state index contributed by atoms with van der Waals surface area (Å²) >= 11 is 0. The second kappa shape index (κ2) is 7.35. The van der Waals surface area contributed by atoms with Gasteiger partial charge in [-0.15, -0.1) is 5.10 Å². The molecule has 2 aliphatic rings. The molecule has 158 valence electrons. The van der Waals surface area contributed by atoms with Crippen LogP contribution in [0.15, 0.2) is 36.8 Å². The highest BCUT2D eigenvalue weighted by atomic mass is 16.5. The van der Waals surface area contributed by atoms with Crippen LogP contribution in [0.3, 0.4) is 0 Å². The lowest BCUT2D eigenvalue weighted by atomic mass is 10.0. The van der Waals surface area contributed by atoms with Crippen LogP contribution in [0.4, 0.5) is 0 Å². The summed E-state index contributed by atoms with van der Waals surface area (Å²) in [7, 11) is 1.81. The predicted octanol–water partition coefficient (Wildman–Crippen LogP) is 0.341. The number of nitrogens with zero attached hydrogens (tertiary/aromatic N) is 6. The molecule has 0 aliphatic carbocycles. The van der Waals surface area contributed by atoms with Crippen LogP contribution in [0.5, 0.6) is 5.75 Å². The Morgan fingerprint density at radius 1 is 1.23 bits per heavy atom. The standard InChI is InChI=1S/C20H19N7O4/c1-25-10-15(7-21-25)31-11-13-9-27(24-23-13)14-2-3-16-12(6-14)8-26(20(16)30)17-4-5-18(28)22-19(17)29/h2-3,6-7,9-10,17H,4-5,8,11H2,1H3,(H,22,28,29). The summed E-state index contributed by atoms with van der Waals surface area (Å²) in [5.41, 5.74) is 2.74. The fraction of sp³-hybridized carbons (Fsp3) is 0.300. The quantitative estimate of drug-likeness (QED) is 0.589. The van der Waals surface area contributed by atoms with Crippen molar-refractivity contribution in [3.05, 3.63) is 53.6 Å². The van der Waals surface area contributed by atoms with Crippen LogP contribution in [0.25, 0.3) is 5.69 Å². The normalized spacial score (nSPS) is 18.3. The maximum Gasteiger partial charge on any atom is 0.255 e. The summed E-state index contributed by atoms with van der Waals surface area (Å²) < 4.78 is 8.90. The first kappa shape index (κ1) is 19.0. The second-order valence-electron chi connectivity index (χ2n) is 7.53. The van der Waals surface area contributed by atoms with E-state index < -0.39 is 11.9 Å². The van der Waals surface area contributed by atoms with Gasteiger partial charge < -0.3 is 9.64 Å². The van der Waals surface area contributed by atoms with E-state index in [1.807, 2.05) is 13.1 Å². The minimum absolute atomic E-state index is 0.208. The summed E-state index contributed by atoms with van der Waals surface area (Å²) in [4.78, 5) is 37.9. The van der Waals surface area contributed by atoms with E-state index in [9.17, 15) is 14.4 Å². The number of hydrogen-bond acceptors (Lipinski definition) is 7. The van der Waals surface area contributed by atoms with Gasteiger partial charge in [-0.1, -0.05) is 5.21 Å². The summed E-state index contributed by atoms with van der Waals surface area (Å²) in [6.45, 7) is 0.554. The number of nitrogens with one attached hydrogen (secondary N) is 1. The van der Waals surface area contributed by atoms with Crippen molar-refractivity contribution < 1.29 is 19.1 Å². The number of amides is 3. The Labute approximate surface area is 176 Å². The van der Waals surface area contributed by atoms with Gasteiger partial charge in [-0.05, 0) is 30.2 Å². The molecule has 1 fully saturated rings. The summed E-state index contributed by atoms with van der Waals surface area (Å²) in [5, 5.41) is 14.6. The topological polar surface area (TPSA) is 124 Å². The van der Waals surface area contributed by atoms with Crippen LogP contribution in [0.2, 0.25) is 0 Å². The van der Waals surface area contributed by atoms with E-state index in [2.05, 4.69) is 20.7 Å². The molecule has 1 atom stereocenters. The molecule has 3 aromatic rings. The number of ether oxygens (including phenoxy) is 1. The van der Waals surface area contributed by atoms with E-state index in [0.717, 1.165) is 11.3 Å². The van der Waals surface area contributed by atoms with Crippen molar-refractivity contribution in [1.82, 2.24) is 35.0 Å². The SMILES string of the molecule is Cn1cc(OCc2cn(-c3ccc4c(c3)CN(C3CCC(=O)NC3=O)C4=O)nn2)cn1. The van der Waals surface area contributed by atoms with Crippen molar-refractivity contribution in [3.8, 4) is 11.4 Å². The molecule has 2 aromatic heterocycles. The van der Waals surface area contributed by atoms with Crippen molar-refractivity contribution in [1.29, 1.82) is 0 Å². The molecule has 31 heavy (non-hydrogen) atoms. The largest absolute Gasteiger partial charge is 0.484 e. The number of fused-ring (bicyclic) bond motifs is 1. The molecule has 1 aromatic carbocycles. The van der Waals surface area contributed by atoms with E-state index in [4.69, 9.17) is 4.74 Å². The lowest BCUT2D eigenvalue weighted by Crippen LogP contribution is -2.52. The Bertz CT molecular complexity index is 1200. The molecule has 5 rings (SSSR count). The first-order chi connectivity index (χ1) is 15.0. The van der Waals surface area contributed by atoms with E-state index in [0.29, 0.717) is 30.0 Å². The van der Waals surface area contributed by atoms with Crippen molar-refractivity contribution in [2.75, 3.05) is 0 Å². The molecule has 4 heterocycles. The second-order valence-corrected chi connectivity index (χ2v) is 7.53. The Morgan fingerprint density at radius 2 is 2.10 bits per heavy atom. The minimum atomic E-state index is -0.636. The van der Waals surface area contributed by atoms with Gasteiger partial charge in [0.2, 0.25) is 11.8 Å². The maximum atomic E-state index is 12.8.